The van der Waals surface area contributed by atoms with E-state index < -0.39 is 12.2 Å². The summed E-state index contributed by atoms with van der Waals surface area (Å²) in [6.07, 6.45) is -0.989. The molecule has 1 fully saturated rings. The van der Waals surface area contributed by atoms with Gasteiger partial charge in [-0.15, -0.1) is 0 Å². The standard InChI is InChI=1S/C22H26N2O2/c1-11-17(13-7-3-5-9-15(13)23-11)19-21(25)20(22(19)26)18-12(2)24-16-10-6-4-8-14(16)18/h3-12,17-26H,1-2H3. The Labute approximate surface area is 154 Å². The molecule has 5 rings (SSSR count). The fourth-order valence-electron chi connectivity index (χ4n) is 5.75. The number of aliphatic hydroxyl groups is 2. The summed E-state index contributed by atoms with van der Waals surface area (Å²) in [6, 6.07) is 17.0. The van der Waals surface area contributed by atoms with E-state index in [9.17, 15) is 10.2 Å². The van der Waals surface area contributed by atoms with Crippen molar-refractivity contribution in [1.82, 2.24) is 0 Å². The van der Waals surface area contributed by atoms with Crippen molar-refractivity contribution in [3.63, 3.8) is 0 Å². The van der Waals surface area contributed by atoms with Gasteiger partial charge in [0.1, 0.15) is 0 Å². The lowest BCUT2D eigenvalue weighted by atomic mass is 9.56. The maximum atomic E-state index is 11.1. The summed E-state index contributed by atoms with van der Waals surface area (Å²) in [4.78, 5) is 0. The number of benzene rings is 2. The van der Waals surface area contributed by atoms with Crippen LogP contribution in [-0.2, 0) is 0 Å². The van der Waals surface area contributed by atoms with Crippen LogP contribution in [0.5, 0.6) is 0 Å². The molecule has 0 spiro atoms. The molecule has 0 bridgehead atoms. The van der Waals surface area contributed by atoms with Gasteiger partial charge in [-0.25, -0.2) is 0 Å². The third-order valence-corrected chi connectivity index (χ3v) is 6.89. The van der Waals surface area contributed by atoms with Crippen LogP contribution in [0.2, 0.25) is 0 Å². The predicted molar refractivity (Wildman–Crippen MR) is 104 cm³/mol. The summed E-state index contributed by atoms with van der Waals surface area (Å²) in [5.74, 6) is 0.0527. The molecular formula is C22H26N2O2. The fraction of sp³-hybridized carbons (Fsp3) is 0.455. The van der Waals surface area contributed by atoms with Crippen molar-refractivity contribution >= 4 is 11.4 Å². The quantitative estimate of drug-likeness (QED) is 0.672. The third-order valence-electron chi connectivity index (χ3n) is 6.89. The Bertz CT molecular complexity index is 761. The Morgan fingerprint density at radius 3 is 1.46 bits per heavy atom. The molecule has 2 aromatic rings. The first-order valence-corrected chi connectivity index (χ1v) is 9.65. The maximum Gasteiger partial charge on any atom is 0.0659 e. The number of nitrogens with one attached hydrogen (secondary N) is 2. The molecule has 4 N–H and O–H groups in total. The van der Waals surface area contributed by atoms with Crippen molar-refractivity contribution in [3.8, 4) is 0 Å². The summed E-state index contributed by atoms with van der Waals surface area (Å²) in [5.41, 5.74) is 4.71. The zero-order valence-electron chi connectivity index (χ0n) is 15.1. The summed E-state index contributed by atoms with van der Waals surface area (Å²) in [6.45, 7) is 4.29. The van der Waals surface area contributed by atoms with Crippen LogP contribution in [0.3, 0.4) is 0 Å². The molecule has 3 aliphatic rings. The highest BCUT2D eigenvalue weighted by Crippen LogP contribution is 2.56. The minimum atomic E-state index is -0.495. The normalized spacial score (nSPS) is 40.2. The van der Waals surface area contributed by atoms with E-state index in [-0.39, 0.29) is 35.8 Å². The first kappa shape index (κ1) is 16.2. The highest BCUT2D eigenvalue weighted by atomic mass is 16.3. The summed E-state index contributed by atoms with van der Waals surface area (Å²) in [5, 5.41) is 29.3. The first-order chi connectivity index (χ1) is 12.6. The molecule has 2 aromatic carbocycles. The van der Waals surface area contributed by atoms with Crippen LogP contribution in [-0.4, -0.2) is 34.5 Å². The smallest absolute Gasteiger partial charge is 0.0659 e. The van der Waals surface area contributed by atoms with Crippen molar-refractivity contribution in [2.45, 2.75) is 50.0 Å². The van der Waals surface area contributed by atoms with E-state index in [4.69, 9.17) is 0 Å². The Kier molecular flexibility index (Phi) is 3.56. The van der Waals surface area contributed by atoms with Gasteiger partial charge in [0.15, 0.2) is 0 Å². The van der Waals surface area contributed by atoms with Crippen LogP contribution in [0, 0.1) is 11.8 Å². The van der Waals surface area contributed by atoms with E-state index >= 15 is 0 Å². The minimum Gasteiger partial charge on any atom is -0.392 e. The fourth-order valence-corrected chi connectivity index (χ4v) is 5.75. The SMILES string of the molecule is CC1Nc2ccccc2C1C1C(O)C(C2c3ccccc3NC2C)C1O. The van der Waals surface area contributed by atoms with Gasteiger partial charge in [-0.3, -0.25) is 0 Å². The van der Waals surface area contributed by atoms with Gasteiger partial charge in [0.05, 0.1) is 12.2 Å². The van der Waals surface area contributed by atoms with E-state index in [1.54, 1.807) is 0 Å². The molecule has 4 heteroatoms. The molecule has 0 amide bonds. The molecule has 1 saturated carbocycles. The molecule has 2 aliphatic heterocycles. The van der Waals surface area contributed by atoms with Crippen LogP contribution in [0.4, 0.5) is 11.4 Å². The number of aliphatic hydroxyl groups excluding tert-OH is 2. The molecule has 4 atom stereocenters. The average Bonchev–Trinajstić information content (AvgIpc) is 3.13. The molecular weight excluding hydrogens is 324 g/mol. The summed E-state index contributed by atoms with van der Waals surface area (Å²) >= 11 is 0. The van der Waals surface area contributed by atoms with Crippen LogP contribution in [0.25, 0.3) is 0 Å². The monoisotopic (exact) mass is 350 g/mol. The molecule has 4 unspecified atom stereocenters. The van der Waals surface area contributed by atoms with Gasteiger partial charge >= 0.3 is 0 Å². The number of fused-ring (bicyclic) bond motifs is 2. The van der Waals surface area contributed by atoms with Gasteiger partial charge in [-0.2, -0.15) is 0 Å². The van der Waals surface area contributed by atoms with Crippen LogP contribution in [0.15, 0.2) is 48.5 Å². The number of hydrogen-bond donors (Lipinski definition) is 4. The maximum absolute atomic E-state index is 11.1. The molecule has 2 heterocycles. The van der Waals surface area contributed by atoms with Gasteiger partial charge in [0, 0.05) is 47.1 Å². The lowest BCUT2D eigenvalue weighted by Gasteiger charge is -2.53. The van der Waals surface area contributed by atoms with Crippen LogP contribution >= 0.6 is 0 Å². The molecule has 0 aromatic heterocycles. The van der Waals surface area contributed by atoms with E-state index in [1.165, 1.54) is 11.1 Å². The van der Waals surface area contributed by atoms with Crippen LogP contribution in [0.1, 0.15) is 36.8 Å². The van der Waals surface area contributed by atoms with Gasteiger partial charge in [0.2, 0.25) is 0 Å². The van der Waals surface area contributed by atoms with Crippen molar-refractivity contribution in [3.05, 3.63) is 59.7 Å². The lowest BCUT2D eigenvalue weighted by molar-refractivity contribution is -0.170. The second kappa shape index (κ2) is 5.73. The average molecular weight is 350 g/mol. The van der Waals surface area contributed by atoms with Crippen LogP contribution < -0.4 is 10.6 Å². The largest absolute Gasteiger partial charge is 0.392 e. The molecule has 4 nitrogen and oxygen atoms in total. The lowest BCUT2D eigenvalue weighted by Crippen LogP contribution is -2.61. The Morgan fingerprint density at radius 2 is 1.04 bits per heavy atom. The summed E-state index contributed by atoms with van der Waals surface area (Å²) < 4.78 is 0. The Morgan fingerprint density at radius 1 is 0.654 bits per heavy atom. The van der Waals surface area contributed by atoms with E-state index in [1.807, 2.05) is 24.3 Å². The first-order valence-electron chi connectivity index (χ1n) is 9.65. The number of rotatable bonds is 2. The number of hydrogen-bond acceptors (Lipinski definition) is 4. The minimum absolute atomic E-state index is 0.119. The van der Waals surface area contributed by atoms with Gasteiger partial charge in [-0.1, -0.05) is 36.4 Å². The topological polar surface area (TPSA) is 64.5 Å². The van der Waals surface area contributed by atoms with Crippen molar-refractivity contribution in [2.24, 2.45) is 11.8 Å². The van der Waals surface area contributed by atoms with Gasteiger partial charge in [0.25, 0.3) is 0 Å². The van der Waals surface area contributed by atoms with E-state index in [0.29, 0.717) is 0 Å². The van der Waals surface area contributed by atoms with Gasteiger partial charge < -0.3 is 20.8 Å². The zero-order chi connectivity index (χ0) is 18.0. The van der Waals surface area contributed by atoms with E-state index in [0.717, 1.165) is 11.4 Å². The molecule has 0 radical (unpaired) electrons. The van der Waals surface area contributed by atoms with Crippen molar-refractivity contribution < 1.29 is 10.2 Å². The molecule has 136 valence electrons. The van der Waals surface area contributed by atoms with Gasteiger partial charge in [-0.05, 0) is 37.1 Å². The third kappa shape index (κ3) is 2.09. The highest BCUT2D eigenvalue weighted by molar-refractivity contribution is 5.61. The Hall–Kier alpha value is -2.04. The zero-order valence-corrected chi connectivity index (χ0v) is 15.1. The van der Waals surface area contributed by atoms with Crippen molar-refractivity contribution in [1.29, 1.82) is 0 Å². The number of para-hydroxylation sites is 2. The predicted octanol–water partition coefficient (Wildman–Crippen LogP) is 3.15. The Balaban J connectivity index is 1.45. The van der Waals surface area contributed by atoms with Crippen molar-refractivity contribution in [2.75, 3.05) is 10.6 Å². The second-order valence-electron chi connectivity index (χ2n) is 8.23. The summed E-state index contributed by atoms with van der Waals surface area (Å²) in [7, 11) is 0. The highest BCUT2D eigenvalue weighted by Gasteiger charge is 2.59. The van der Waals surface area contributed by atoms with E-state index in [2.05, 4.69) is 48.7 Å². The molecule has 1 aliphatic carbocycles. The molecule has 0 saturated heterocycles. The second-order valence-corrected chi connectivity index (χ2v) is 8.23. The molecule has 26 heavy (non-hydrogen) atoms. The number of anilines is 2.